The molecular weight excluding hydrogens is 358 g/mol. The van der Waals surface area contributed by atoms with Crippen molar-refractivity contribution in [1.82, 2.24) is 24.5 Å². The first-order valence-corrected chi connectivity index (χ1v) is 10.5. The molecule has 0 aromatic carbocycles. The van der Waals surface area contributed by atoms with E-state index in [4.69, 9.17) is 9.47 Å². The normalized spacial score (nSPS) is 25.0. The number of amides is 1. The van der Waals surface area contributed by atoms with E-state index in [0.717, 1.165) is 44.7 Å². The summed E-state index contributed by atoms with van der Waals surface area (Å²) in [6, 6.07) is -0.0995. The van der Waals surface area contributed by atoms with E-state index in [1.54, 1.807) is 4.68 Å². The van der Waals surface area contributed by atoms with Crippen molar-refractivity contribution in [2.24, 2.45) is 7.05 Å². The highest BCUT2D eigenvalue weighted by molar-refractivity contribution is 5.77. The van der Waals surface area contributed by atoms with Crippen LogP contribution < -0.4 is 0 Å². The summed E-state index contributed by atoms with van der Waals surface area (Å²) in [6.07, 6.45) is 5.40. The fourth-order valence-corrected chi connectivity index (χ4v) is 4.14. The Morgan fingerprint density at radius 3 is 2.86 bits per heavy atom. The van der Waals surface area contributed by atoms with Crippen LogP contribution in [0.15, 0.2) is 12.4 Å². The van der Waals surface area contributed by atoms with Crippen molar-refractivity contribution < 1.29 is 14.3 Å². The molecule has 8 nitrogen and oxygen atoms in total. The number of rotatable bonds is 7. The molecule has 2 aliphatic rings. The second-order valence-corrected chi connectivity index (χ2v) is 7.79. The van der Waals surface area contributed by atoms with Gasteiger partial charge in [0.2, 0.25) is 5.91 Å². The van der Waals surface area contributed by atoms with Crippen molar-refractivity contribution >= 4 is 5.91 Å². The van der Waals surface area contributed by atoms with E-state index in [1.165, 1.54) is 0 Å². The van der Waals surface area contributed by atoms with Crippen molar-refractivity contribution in [3.63, 3.8) is 0 Å². The van der Waals surface area contributed by atoms with E-state index in [1.807, 2.05) is 31.3 Å². The smallest absolute Gasteiger partial charge is 0.225 e. The van der Waals surface area contributed by atoms with Crippen molar-refractivity contribution in [2.45, 2.75) is 31.9 Å². The highest BCUT2D eigenvalue weighted by Gasteiger charge is 2.37. The monoisotopic (exact) mass is 393 g/mol. The van der Waals surface area contributed by atoms with Gasteiger partial charge in [-0.15, -0.1) is 0 Å². The van der Waals surface area contributed by atoms with Crippen LogP contribution in [-0.4, -0.2) is 103 Å². The maximum atomic E-state index is 12.9. The number of aromatic nitrogens is 2. The van der Waals surface area contributed by atoms with Gasteiger partial charge in [-0.3, -0.25) is 14.4 Å². The van der Waals surface area contributed by atoms with E-state index in [-0.39, 0.29) is 18.1 Å². The van der Waals surface area contributed by atoms with Gasteiger partial charge in [0.25, 0.3) is 0 Å². The van der Waals surface area contributed by atoms with Gasteiger partial charge >= 0.3 is 0 Å². The number of aryl methyl sites for hydroxylation is 1. The molecular formula is C20H35N5O3. The highest BCUT2D eigenvalue weighted by Crippen LogP contribution is 2.31. The zero-order chi connectivity index (χ0) is 19.9. The predicted molar refractivity (Wildman–Crippen MR) is 107 cm³/mol. The third kappa shape index (κ3) is 5.53. The number of ether oxygens (including phenoxy) is 2. The average Bonchev–Trinajstić information content (AvgIpc) is 3.01. The second kappa shape index (κ2) is 10.3. The number of likely N-dealkylation sites (N-methyl/N-ethyl adjacent to an activating group) is 1. The lowest BCUT2D eigenvalue weighted by molar-refractivity contribution is -0.149. The Hall–Kier alpha value is -1.48. The Morgan fingerprint density at radius 2 is 2.11 bits per heavy atom. The second-order valence-electron chi connectivity index (χ2n) is 7.79. The number of nitrogens with zero attached hydrogens (tertiary/aromatic N) is 5. The Labute approximate surface area is 168 Å². The molecule has 0 unspecified atom stereocenters. The summed E-state index contributed by atoms with van der Waals surface area (Å²) in [5.74, 6) is 0.131. The Morgan fingerprint density at radius 1 is 1.25 bits per heavy atom. The lowest BCUT2D eigenvalue weighted by Crippen LogP contribution is -2.52. The van der Waals surface area contributed by atoms with Crippen LogP contribution in [0.5, 0.6) is 0 Å². The lowest BCUT2D eigenvalue weighted by Gasteiger charge is -2.42. The van der Waals surface area contributed by atoms with Crippen LogP contribution in [-0.2, 0) is 21.3 Å². The summed E-state index contributed by atoms with van der Waals surface area (Å²) in [5, 5.41) is 4.35. The molecule has 0 saturated carbocycles. The minimum absolute atomic E-state index is 0.0441. The van der Waals surface area contributed by atoms with Gasteiger partial charge in [0.1, 0.15) is 0 Å². The quantitative estimate of drug-likeness (QED) is 0.637. The first kappa shape index (κ1) is 21.2. The molecule has 0 N–H and O–H groups in total. The summed E-state index contributed by atoms with van der Waals surface area (Å²) in [4.78, 5) is 19.8. The van der Waals surface area contributed by atoms with E-state index in [9.17, 15) is 4.79 Å². The van der Waals surface area contributed by atoms with E-state index in [2.05, 4.69) is 21.9 Å². The van der Waals surface area contributed by atoms with Crippen LogP contribution in [0.2, 0.25) is 0 Å². The Kier molecular flexibility index (Phi) is 7.84. The van der Waals surface area contributed by atoms with E-state index in [0.29, 0.717) is 32.8 Å². The summed E-state index contributed by atoms with van der Waals surface area (Å²) in [5.41, 5.74) is 1.05. The molecule has 0 aliphatic carbocycles. The van der Waals surface area contributed by atoms with Gasteiger partial charge in [-0.2, -0.15) is 5.10 Å². The number of carbonyl (C=O) groups excluding carboxylic acids is 1. The molecule has 2 aliphatic heterocycles. The van der Waals surface area contributed by atoms with Gasteiger partial charge in [-0.25, -0.2) is 0 Å². The molecule has 1 amide bonds. The molecule has 0 bridgehead atoms. The fourth-order valence-electron chi connectivity index (χ4n) is 4.14. The first-order chi connectivity index (χ1) is 13.6. The maximum Gasteiger partial charge on any atom is 0.225 e. The van der Waals surface area contributed by atoms with Crippen LogP contribution >= 0.6 is 0 Å². The first-order valence-electron chi connectivity index (χ1n) is 10.5. The molecule has 28 heavy (non-hydrogen) atoms. The van der Waals surface area contributed by atoms with Crippen LogP contribution in [0.1, 0.15) is 31.4 Å². The van der Waals surface area contributed by atoms with Gasteiger partial charge in [-0.05, 0) is 33.5 Å². The van der Waals surface area contributed by atoms with Gasteiger partial charge in [-0.1, -0.05) is 0 Å². The Balaban J connectivity index is 1.74. The third-order valence-electron chi connectivity index (χ3n) is 5.65. The van der Waals surface area contributed by atoms with Crippen molar-refractivity contribution in [3.05, 3.63) is 18.0 Å². The zero-order valence-corrected chi connectivity index (χ0v) is 17.5. The van der Waals surface area contributed by atoms with Crippen molar-refractivity contribution in [2.75, 3.05) is 66.1 Å². The molecule has 1 aromatic rings. The largest absolute Gasteiger partial charge is 0.381 e. The number of hydrogen-bond acceptors (Lipinski definition) is 6. The van der Waals surface area contributed by atoms with Crippen molar-refractivity contribution in [1.29, 1.82) is 0 Å². The fraction of sp³-hybridized carbons (Fsp3) is 0.800. The summed E-state index contributed by atoms with van der Waals surface area (Å²) >= 11 is 0. The molecule has 0 radical (unpaired) electrons. The average molecular weight is 394 g/mol. The summed E-state index contributed by atoms with van der Waals surface area (Å²) < 4.78 is 13.4. The molecule has 2 fully saturated rings. The highest BCUT2D eigenvalue weighted by atomic mass is 16.5. The standard InChI is InChI=1S/C20H35N5O3/c1-4-27-12-6-19(26)25-11-13-28-18(20(25)17-14-21-23(3)15-17)16-24-8-5-7-22(2)9-10-24/h14-15,18,20H,4-13,16H2,1-3H3/t18-,20-/m0/s1. The van der Waals surface area contributed by atoms with Gasteiger partial charge < -0.3 is 19.3 Å². The zero-order valence-electron chi connectivity index (χ0n) is 17.5. The predicted octanol–water partition coefficient (Wildman–Crippen LogP) is 0.753. The maximum absolute atomic E-state index is 12.9. The van der Waals surface area contributed by atoms with E-state index >= 15 is 0 Å². The number of morpholine rings is 1. The van der Waals surface area contributed by atoms with E-state index < -0.39 is 0 Å². The SMILES string of the molecule is CCOCCC(=O)N1CCO[C@@H](CN2CCCN(C)CC2)[C@@H]1c1cnn(C)c1. The minimum atomic E-state index is -0.0995. The van der Waals surface area contributed by atoms with Crippen LogP contribution in [0.3, 0.4) is 0 Å². The summed E-state index contributed by atoms with van der Waals surface area (Å²) in [6.45, 7) is 9.40. The molecule has 2 atom stereocenters. The molecule has 2 saturated heterocycles. The number of carbonyl (C=O) groups is 1. The topological polar surface area (TPSA) is 63.1 Å². The summed E-state index contributed by atoms with van der Waals surface area (Å²) in [7, 11) is 4.09. The van der Waals surface area contributed by atoms with Gasteiger partial charge in [0.05, 0.1) is 38.0 Å². The molecule has 158 valence electrons. The number of hydrogen-bond donors (Lipinski definition) is 0. The van der Waals surface area contributed by atoms with Crippen molar-refractivity contribution in [3.8, 4) is 0 Å². The molecule has 3 heterocycles. The van der Waals surface area contributed by atoms with Gasteiger partial charge in [0, 0.05) is 51.6 Å². The third-order valence-corrected chi connectivity index (χ3v) is 5.65. The molecule has 1 aromatic heterocycles. The van der Waals surface area contributed by atoms with Crippen LogP contribution in [0.4, 0.5) is 0 Å². The Bertz CT molecular complexity index is 623. The molecule has 3 rings (SSSR count). The van der Waals surface area contributed by atoms with Gasteiger partial charge in [0.15, 0.2) is 0 Å². The lowest BCUT2D eigenvalue weighted by atomic mass is 9.99. The van der Waals surface area contributed by atoms with Crippen LogP contribution in [0.25, 0.3) is 0 Å². The molecule has 8 heteroatoms. The molecule has 0 spiro atoms. The minimum Gasteiger partial charge on any atom is -0.381 e. The van der Waals surface area contributed by atoms with Crippen LogP contribution in [0, 0.1) is 0 Å².